The zero-order valence-corrected chi connectivity index (χ0v) is 13.8. The highest BCUT2D eigenvalue weighted by Crippen LogP contribution is 2.35. The van der Waals surface area contributed by atoms with Crippen LogP contribution in [0.4, 0.5) is 5.69 Å². The fraction of sp³-hybridized carbons (Fsp3) is 0. The van der Waals surface area contributed by atoms with Crippen molar-refractivity contribution in [2.24, 2.45) is 0 Å². The molecular weight excluding hydrogens is 332 g/mol. The van der Waals surface area contributed by atoms with Crippen LogP contribution < -0.4 is 5.32 Å². The first-order valence-electron chi connectivity index (χ1n) is 7.86. The lowest BCUT2D eigenvalue weighted by molar-refractivity contribution is -0.110. The van der Waals surface area contributed by atoms with Crippen LogP contribution in [0.2, 0.25) is 0 Å². The predicted molar refractivity (Wildman–Crippen MR) is 100 cm³/mol. The Kier molecular flexibility index (Phi) is 3.08. The minimum atomic E-state index is -0.112. The molecule has 0 spiro atoms. The molecule has 0 saturated carbocycles. The lowest BCUT2D eigenvalue weighted by Gasteiger charge is -1.96. The number of nitrogens with zero attached hydrogens (tertiary/aromatic N) is 1. The van der Waals surface area contributed by atoms with Crippen LogP contribution in [0.1, 0.15) is 11.3 Å². The fourth-order valence-corrected chi connectivity index (χ4v) is 3.87. The number of aromatic nitrogens is 1. The Morgan fingerprint density at radius 3 is 2.76 bits per heavy atom. The van der Waals surface area contributed by atoms with Gasteiger partial charge in [0.15, 0.2) is 10.8 Å². The zero-order valence-electron chi connectivity index (χ0n) is 13.0. The Hall–Kier alpha value is -3.18. The van der Waals surface area contributed by atoms with Crippen LogP contribution in [-0.2, 0) is 4.79 Å². The number of carbonyl (C=O) groups is 1. The van der Waals surface area contributed by atoms with Crippen LogP contribution in [0.25, 0.3) is 32.6 Å². The molecular formula is C20H12N2O2S. The van der Waals surface area contributed by atoms with Crippen molar-refractivity contribution in [3.63, 3.8) is 0 Å². The van der Waals surface area contributed by atoms with Crippen molar-refractivity contribution in [1.29, 1.82) is 0 Å². The first-order chi connectivity index (χ1) is 12.3. The Labute approximate surface area is 147 Å². The number of carbonyl (C=O) groups excluding carboxylic acids is 1. The van der Waals surface area contributed by atoms with Gasteiger partial charge in [-0.25, -0.2) is 4.98 Å². The molecule has 4 aromatic rings. The van der Waals surface area contributed by atoms with Gasteiger partial charge in [0, 0.05) is 11.3 Å². The average Bonchev–Trinajstić information content (AvgIpc) is 3.33. The fourth-order valence-electron chi connectivity index (χ4n) is 2.95. The van der Waals surface area contributed by atoms with Gasteiger partial charge >= 0.3 is 0 Å². The summed E-state index contributed by atoms with van der Waals surface area (Å²) in [6.07, 6.45) is 1.78. The number of fused-ring (bicyclic) bond motifs is 2. The molecule has 1 aliphatic heterocycles. The van der Waals surface area contributed by atoms with E-state index in [1.165, 1.54) is 0 Å². The van der Waals surface area contributed by atoms with Gasteiger partial charge in [-0.2, -0.15) is 0 Å². The van der Waals surface area contributed by atoms with Gasteiger partial charge in [-0.05, 0) is 36.4 Å². The molecule has 5 heteroatoms. The predicted octanol–water partition coefficient (Wildman–Crippen LogP) is 5.05. The van der Waals surface area contributed by atoms with E-state index in [0.717, 1.165) is 26.5 Å². The van der Waals surface area contributed by atoms with Crippen LogP contribution in [0.15, 0.2) is 65.1 Å². The third kappa shape index (κ3) is 2.37. The molecule has 0 bridgehead atoms. The Balaban J connectivity index is 1.54. The molecule has 1 N–H and O–H groups in total. The SMILES string of the molecule is O=C1Nc2ccccc2/C1=C/c1ccc(-c2nc3ccccc3s2)o1. The summed E-state index contributed by atoms with van der Waals surface area (Å²) >= 11 is 1.59. The van der Waals surface area contributed by atoms with Gasteiger partial charge in [0.25, 0.3) is 5.91 Å². The molecule has 2 aromatic carbocycles. The smallest absolute Gasteiger partial charge is 0.256 e. The third-order valence-electron chi connectivity index (χ3n) is 4.13. The van der Waals surface area contributed by atoms with Gasteiger partial charge in [-0.3, -0.25) is 4.79 Å². The molecule has 1 aliphatic rings. The van der Waals surface area contributed by atoms with Gasteiger partial charge in [0.05, 0.1) is 15.8 Å². The van der Waals surface area contributed by atoms with Crippen molar-refractivity contribution in [2.45, 2.75) is 0 Å². The molecule has 0 fully saturated rings. The molecule has 0 aliphatic carbocycles. The summed E-state index contributed by atoms with van der Waals surface area (Å²) in [5.74, 6) is 1.23. The maximum absolute atomic E-state index is 12.2. The highest BCUT2D eigenvalue weighted by Gasteiger charge is 2.23. The van der Waals surface area contributed by atoms with Crippen LogP contribution in [0.5, 0.6) is 0 Å². The summed E-state index contributed by atoms with van der Waals surface area (Å²) in [6.45, 7) is 0. The van der Waals surface area contributed by atoms with Gasteiger partial charge in [0.2, 0.25) is 0 Å². The van der Waals surface area contributed by atoms with E-state index in [9.17, 15) is 4.79 Å². The number of hydrogen-bond donors (Lipinski definition) is 1. The van der Waals surface area contributed by atoms with Gasteiger partial charge in [-0.1, -0.05) is 30.3 Å². The van der Waals surface area contributed by atoms with E-state index < -0.39 is 0 Å². The third-order valence-corrected chi connectivity index (χ3v) is 5.18. The quantitative estimate of drug-likeness (QED) is 0.518. The molecule has 0 unspecified atom stereocenters. The van der Waals surface area contributed by atoms with E-state index in [2.05, 4.69) is 10.3 Å². The van der Waals surface area contributed by atoms with Crippen molar-refractivity contribution < 1.29 is 9.21 Å². The number of rotatable bonds is 2. The monoisotopic (exact) mass is 344 g/mol. The number of furan rings is 1. The van der Waals surface area contributed by atoms with Crippen molar-refractivity contribution in [3.05, 3.63) is 72.0 Å². The second-order valence-corrected chi connectivity index (χ2v) is 6.78. The van der Waals surface area contributed by atoms with Crippen LogP contribution >= 0.6 is 11.3 Å². The molecule has 3 heterocycles. The molecule has 1 amide bonds. The van der Waals surface area contributed by atoms with E-state index in [4.69, 9.17) is 4.42 Å². The van der Waals surface area contributed by atoms with E-state index in [1.54, 1.807) is 17.4 Å². The number of hydrogen-bond acceptors (Lipinski definition) is 4. The molecule has 120 valence electrons. The summed E-state index contributed by atoms with van der Waals surface area (Å²) in [7, 11) is 0. The molecule has 4 nitrogen and oxygen atoms in total. The first-order valence-corrected chi connectivity index (χ1v) is 8.68. The summed E-state index contributed by atoms with van der Waals surface area (Å²) in [6, 6.07) is 19.4. The number of benzene rings is 2. The molecule has 5 rings (SSSR count). The molecule has 0 radical (unpaired) electrons. The summed E-state index contributed by atoms with van der Waals surface area (Å²) in [4.78, 5) is 16.8. The Bertz CT molecular complexity index is 1120. The largest absolute Gasteiger partial charge is 0.454 e. The van der Waals surface area contributed by atoms with E-state index in [1.807, 2.05) is 60.7 Å². The Morgan fingerprint density at radius 1 is 1.00 bits per heavy atom. The minimum absolute atomic E-state index is 0.112. The maximum Gasteiger partial charge on any atom is 0.256 e. The van der Waals surface area contributed by atoms with Crippen molar-refractivity contribution in [1.82, 2.24) is 4.98 Å². The highest BCUT2D eigenvalue weighted by molar-refractivity contribution is 7.21. The van der Waals surface area contributed by atoms with Crippen molar-refractivity contribution in [2.75, 3.05) is 5.32 Å². The summed E-state index contributed by atoms with van der Waals surface area (Å²) < 4.78 is 7.04. The molecule has 2 aromatic heterocycles. The lowest BCUT2D eigenvalue weighted by Crippen LogP contribution is -2.03. The number of thiazole rings is 1. The van der Waals surface area contributed by atoms with E-state index >= 15 is 0 Å². The van der Waals surface area contributed by atoms with Gasteiger partial charge in [-0.15, -0.1) is 11.3 Å². The van der Waals surface area contributed by atoms with Crippen molar-refractivity contribution in [3.8, 4) is 10.8 Å². The van der Waals surface area contributed by atoms with Gasteiger partial charge < -0.3 is 9.73 Å². The number of para-hydroxylation sites is 2. The average molecular weight is 344 g/mol. The lowest BCUT2D eigenvalue weighted by atomic mass is 10.1. The molecule has 0 atom stereocenters. The summed E-state index contributed by atoms with van der Waals surface area (Å²) in [5, 5.41) is 3.70. The zero-order chi connectivity index (χ0) is 16.8. The molecule has 0 saturated heterocycles. The van der Waals surface area contributed by atoms with E-state index in [0.29, 0.717) is 17.1 Å². The topological polar surface area (TPSA) is 55.1 Å². The second-order valence-electron chi connectivity index (χ2n) is 5.75. The Morgan fingerprint density at radius 2 is 1.84 bits per heavy atom. The summed E-state index contributed by atoms with van der Waals surface area (Å²) in [5.41, 5.74) is 3.30. The first kappa shape index (κ1) is 14.2. The van der Waals surface area contributed by atoms with Crippen LogP contribution in [-0.4, -0.2) is 10.9 Å². The van der Waals surface area contributed by atoms with Gasteiger partial charge in [0.1, 0.15) is 5.76 Å². The van der Waals surface area contributed by atoms with Crippen LogP contribution in [0, 0.1) is 0 Å². The van der Waals surface area contributed by atoms with Crippen LogP contribution in [0.3, 0.4) is 0 Å². The number of nitrogens with one attached hydrogen (secondary N) is 1. The standard InChI is InChI=1S/C20H12N2O2S/c23-19-14(13-5-1-2-6-15(13)21-19)11-12-9-10-17(24-12)20-22-16-7-3-4-8-18(16)25-20/h1-11H,(H,21,23)/b14-11-. The van der Waals surface area contributed by atoms with Crippen molar-refractivity contribution >= 4 is 44.8 Å². The second kappa shape index (κ2) is 5.43. The van der Waals surface area contributed by atoms with E-state index in [-0.39, 0.29) is 5.91 Å². The minimum Gasteiger partial charge on any atom is -0.454 e. The highest BCUT2D eigenvalue weighted by atomic mass is 32.1. The normalized spacial score (nSPS) is 14.9. The molecule has 25 heavy (non-hydrogen) atoms. The maximum atomic E-state index is 12.2. The number of amides is 1. The number of anilines is 1.